The number of aryl methyl sites for hydroxylation is 1. The van der Waals surface area contributed by atoms with Gasteiger partial charge in [0.2, 0.25) is 0 Å². The Kier molecular flexibility index (Phi) is 2.82. The minimum absolute atomic E-state index is 0. The first kappa shape index (κ1) is 9.20. The average molecular weight is 224 g/mol. The van der Waals surface area contributed by atoms with E-state index in [1.807, 2.05) is 30.5 Å². The molecule has 1 aromatic heterocycles. The molecule has 0 aliphatic rings. The molecule has 1 aromatic carbocycles. The van der Waals surface area contributed by atoms with E-state index < -0.39 is 0 Å². The number of rotatable bonds is 0. The highest BCUT2D eigenvalue weighted by molar-refractivity contribution is 8.93. The van der Waals surface area contributed by atoms with E-state index in [1.165, 1.54) is 10.9 Å². The molecule has 0 fully saturated rings. The molecule has 0 atom stereocenters. The summed E-state index contributed by atoms with van der Waals surface area (Å²) in [4.78, 5) is 4.24. The summed E-state index contributed by atoms with van der Waals surface area (Å²) in [6.45, 7) is 2.10. The van der Waals surface area contributed by atoms with Crippen LogP contribution in [-0.4, -0.2) is 4.98 Å². The quantitative estimate of drug-likeness (QED) is 0.669. The summed E-state index contributed by atoms with van der Waals surface area (Å²) in [6, 6.07) is 10.2. The van der Waals surface area contributed by atoms with Crippen molar-refractivity contribution >= 4 is 27.9 Å². The second-order valence-corrected chi connectivity index (χ2v) is 2.64. The van der Waals surface area contributed by atoms with Gasteiger partial charge in [0.25, 0.3) is 0 Å². The monoisotopic (exact) mass is 223 g/mol. The van der Waals surface area contributed by atoms with Gasteiger partial charge in [-0.2, -0.15) is 0 Å². The highest BCUT2D eigenvalue weighted by Crippen LogP contribution is 2.13. The van der Waals surface area contributed by atoms with Crippen LogP contribution in [0.15, 0.2) is 36.5 Å². The van der Waals surface area contributed by atoms with Crippen LogP contribution in [0.25, 0.3) is 10.9 Å². The van der Waals surface area contributed by atoms with Crippen LogP contribution in [0.4, 0.5) is 0 Å². The molecule has 0 N–H and O–H groups in total. The Labute approximate surface area is 82.2 Å². The fourth-order valence-corrected chi connectivity index (χ4v) is 1.24. The van der Waals surface area contributed by atoms with E-state index in [9.17, 15) is 0 Å². The van der Waals surface area contributed by atoms with E-state index in [0.717, 1.165) is 5.52 Å². The summed E-state index contributed by atoms with van der Waals surface area (Å²) in [5, 5.41) is 1.25. The van der Waals surface area contributed by atoms with Crippen LogP contribution in [-0.2, 0) is 0 Å². The Morgan fingerprint density at radius 3 is 2.58 bits per heavy atom. The fourth-order valence-electron chi connectivity index (χ4n) is 1.24. The molecule has 0 aliphatic carbocycles. The molecule has 2 rings (SSSR count). The van der Waals surface area contributed by atoms with Gasteiger partial charge in [-0.25, -0.2) is 0 Å². The van der Waals surface area contributed by atoms with Gasteiger partial charge in [-0.3, -0.25) is 4.98 Å². The molecule has 2 heteroatoms. The van der Waals surface area contributed by atoms with Crippen LogP contribution in [0, 0.1) is 6.92 Å². The van der Waals surface area contributed by atoms with Gasteiger partial charge in [-0.1, -0.05) is 18.2 Å². The largest absolute Gasteiger partial charge is 0.256 e. The van der Waals surface area contributed by atoms with Crippen molar-refractivity contribution in [2.24, 2.45) is 0 Å². The first-order chi connectivity index (χ1) is 5.38. The lowest BCUT2D eigenvalue weighted by Gasteiger charge is -1.97. The van der Waals surface area contributed by atoms with Gasteiger partial charge in [-0.15, -0.1) is 17.0 Å². The summed E-state index contributed by atoms with van der Waals surface area (Å²) in [5.41, 5.74) is 2.36. The molecule has 1 heterocycles. The summed E-state index contributed by atoms with van der Waals surface area (Å²) in [5.74, 6) is 0. The van der Waals surface area contributed by atoms with Gasteiger partial charge in [0.15, 0.2) is 0 Å². The minimum atomic E-state index is 0. The Morgan fingerprint density at radius 2 is 1.83 bits per heavy atom. The van der Waals surface area contributed by atoms with Crippen LogP contribution in [0.5, 0.6) is 0 Å². The van der Waals surface area contributed by atoms with Gasteiger partial charge in [0.1, 0.15) is 0 Å². The third-order valence-electron chi connectivity index (χ3n) is 1.87. The molecule has 0 unspecified atom stereocenters. The summed E-state index contributed by atoms with van der Waals surface area (Å²) >= 11 is 0. The lowest BCUT2D eigenvalue weighted by atomic mass is 10.1. The number of para-hydroxylation sites is 1. The van der Waals surface area contributed by atoms with Gasteiger partial charge >= 0.3 is 0 Å². The number of benzene rings is 1. The molecule has 0 saturated carbocycles. The minimum Gasteiger partial charge on any atom is -0.256 e. The van der Waals surface area contributed by atoms with Gasteiger partial charge in [0.05, 0.1) is 5.52 Å². The van der Waals surface area contributed by atoms with Crippen LogP contribution in [0.2, 0.25) is 0 Å². The van der Waals surface area contributed by atoms with Crippen LogP contribution in [0.1, 0.15) is 5.56 Å². The molecular weight excluding hydrogens is 214 g/mol. The molecule has 2 aromatic rings. The first-order valence-electron chi connectivity index (χ1n) is 3.68. The van der Waals surface area contributed by atoms with Gasteiger partial charge in [-0.05, 0) is 24.6 Å². The number of hydrogen-bond acceptors (Lipinski definition) is 1. The average Bonchev–Trinajstić information content (AvgIpc) is 2.06. The normalized spacial score (nSPS) is 9.42. The summed E-state index contributed by atoms with van der Waals surface area (Å²) < 4.78 is 0. The van der Waals surface area contributed by atoms with Crippen molar-refractivity contribution in [3.8, 4) is 0 Å². The Balaban J connectivity index is 0.000000720. The fraction of sp³-hybridized carbons (Fsp3) is 0.100. The SMILES string of the molecule is Br.Cc1ccnc2ccccc12. The second-order valence-electron chi connectivity index (χ2n) is 2.64. The highest BCUT2D eigenvalue weighted by Gasteiger charge is 1.93. The van der Waals surface area contributed by atoms with E-state index >= 15 is 0 Å². The third-order valence-corrected chi connectivity index (χ3v) is 1.87. The lowest BCUT2D eigenvalue weighted by Crippen LogP contribution is -1.79. The highest BCUT2D eigenvalue weighted by atomic mass is 79.9. The Morgan fingerprint density at radius 1 is 1.08 bits per heavy atom. The van der Waals surface area contributed by atoms with Crippen molar-refractivity contribution in [3.05, 3.63) is 42.1 Å². The van der Waals surface area contributed by atoms with Crippen molar-refractivity contribution in [3.63, 3.8) is 0 Å². The van der Waals surface area contributed by atoms with Crippen molar-refractivity contribution in [1.29, 1.82) is 0 Å². The van der Waals surface area contributed by atoms with Crippen molar-refractivity contribution < 1.29 is 0 Å². The molecule has 1 nitrogen and oxygen atoms in total. The predicted molar refractivity (Wildman–Crippen MR) is 56.8 cm³/mol. The molecule has 0 aliphatic heterocycles. The van der Waals surface area contributed by atoms with Crippen LogP contribution in [0.3, 0.4) is 0 Å². The summed E-state index contributed by atoms with van der Waals surface area (Å²) in [7, 11) is 0. The maximum Gasteiger partial charge on any atom is 0.0704 e. The summed E-state index contributed by atoms with van der Waals surface area (Å²) in [6.07, 6.45) is 1.84. The smallest absolute Gasteiger partial charge is 0.0704 e. The van der Waals surface area contributed by atoms with E-state index in [-0.39, 0.29) is 17.0 Å². The van der Waals surface area contributed by atoms with E-state index in [4.69, 9.17) is 0 Å². The zero-order valence-electron chi connectivity index (χ0n) is 6.82. The second kappa shape index (κ2) is 3.68. The van der Waals surface area contributed by atoms with Crippen molar-refractivity contribution in [2.75, 3.05) is 0 Å². The van der Waals surface area contributed by atoms with Gasteiger partial charge < -0.3 is 0 Å². The maximum absolute atomic E-state index is 4.24. The first-order valence-corrected chi connectivity index (χ1v) is 3.68. The molecular formula is C10H10BrN. The molecule has 0 saturated heterocycles. The van der Waals surface area contributed by atoms with Crippen molar-refractivity contribution in [2.45, 2.75) is 6.92 Å². The van der Waals surface area contributed by atoms with E-state index in [0.29, 0.717) is 0 Å². The standard InChI is InChI=1S/C10H9N.BrH/c1-8-6-7-11-10-5-3-2-4-9(8)10;/h2-7H,1H3;1H. The number of hydrogen-bond donors (Lipinski definition) is 0. The van der Waals surface area contributed by atoms with E-state index in [2.05, 4.69) is 18.0 Å². The molecule has 0 spiro atoms. The topological polar surface area (TPSA) is 12.9 Å². The molecule has 62 valence electrons. The van der Waals surface area contributed by atoms with Gasteiger partial charge in [0, 0.05) is 11.6 Å². The predicted octanol–water partition coefficient (Wildman–Crippen LogP) is 3.12. The number of aromatic nitrogens is 1. The molecule has 0 amide bonds. The van der Waals surface area contributed by atoms with Crippen LogP contribution >= 0.6 is 17.0 Å². The molecule has 0 radical (unpaired) electrons. The zero-order valence-corrected chi connectivity index (χ0v) is 8.53. The number of nitrogens with zero attached hydrogens (tertiary/aromatic N) is 1. The lowest BCUT2D eigenvalue weighted by molar-refractivity contribution is 1.37. The Bertz CT molecular complexity index is 379. The van der Waals surface area contributed by atoms with E-state index in [1.54, 1.807) is 0 Å². The van der Waals surface area contributed by atoms with Crippen molar-refractivity contribution in [1.82, 2.24) is 4.98 Å². The van der Waals surface area contributed by atoms with Crippen LogP contribution < -0.4 is 0 Å². The number of fused-ring (bicyclic) bond motifs is 1. The third kappa shape index (κ3) is 1.48. The maximum atomic E-state index is 4.24. The zero-order chi connectivity index (χ0) is 7.68. The number of halogens is 1. The molecule has 0 bridgehead atoms. The Hall–Kier alpha value is -0.890. The molecule has 12 heavy (non-hydrogen) atoms. The number of pyridine rings is 1.